The molecule has 0 saturated heterocycles. The molecule has 2 heteroatoms. The molecule has 0 radical (unpaired) electrons. The molecule has 0 saturated carbocycles. The van der Waals surface area contributed by atoms with E-state index in [9.17, 15) is 4.79 Å². The summed E-state index contributed by atoms with van der Waals surface area (Å²) in [5.41, 5.74) is -0.000341. The molecule has 0 spiro atoms. The van der Waals surface area contributed by atoms with Gasteiger partial charge in [0.15, 0.2) is 0 Å². The Kier molecular flexibility index (Phi) is 16.4. The number of esters is 1. The van der Waals surface area contributed by atoms with E-state index in [0.717, 1.165) is 12.8 Å². The summed E-state index contributed by atoms with van der Waals surface area (Å²) < 4.78 is 5.96. The second-order valence-corrected chi connectivity index (χ2v) is 10.9. The van der Waals surface area contributed by atoms with Crippen LogP contribution >= 0.6 is 0 Å². The lowest BCUT2D eigenvalue weighted by atomic mass is 9.57. The summed E-state index contributed by atoms with van der Waals surface area (Å²) in [7, 11) is 0. The van der Waals surface area contributed by atoms with Gasteiger partial charge in [0.05, 0.1) is 0 Å². The van der Waals surface area contributed by atoms with Gasteiger partial charge in [0, 0.05) is 11.5 Å². The molecule has 0 heterocycles. The molecule has 2 atom stereocenters. The lowest BCUT2D eigenvalue weighted by Crippen LogP contribution is -2.47. The van der Waals surface area contributed by atoms with Crippen molar-refractivity contribution in [3.8, 4) is 0 Å². The highest BCUT2D eigenvalue weighted by Gasteiger charge is 2.47. The van der Waals surface area contributed by atoms with E-state index in [1.54, 1.807) is 0 Å². The maximum absolute atomic E-state index is 12.1. The van der Waals surface area contributed by atoms with Crippen LogP contribution in [0.4, 0.5) is 0 Å². The van der Waals surface area contributed by atoms with Crippen molar-refractivity contribution >= 4 is 5.97 Å². The monoisotopic (exact) mass is 436 g/mol. The van der Waals surface area contributed by atoms with E-state index in [0.29, 0.717) is 5.92 Å². The first-order chi connectivity index (χ1) is 14.6. The molecular weight excluding hydrogens is 380 g/mol. The molecule has 0 aliphatic heterocycles. The molecule has 0 N–H and O–H groups in total. The van der Waals surface area contributed by atoms with Gasteiger partial charge >= 0.3 is 5.97 Å². The Balaban J connectivity index is 4.85. The first-order valence-corrected chi connectivity index (χ1v) is 13.5. The first kappa shape index (κ1) is 30.2. The van der Waals surface area contributed by atoms with Gasteiger partial charge in [-0.15, -0.1) is 0 Å². The molecule has 0 aromatic carbocycles. The van der Waals surface area contributed by atoms with Crippen LogP contribution in [0.15, 0.2) is 12.7 Å². The van der Waals surface area contributed by atoms with Crippen molar-refractivity contribution in [3.05, 3.63) is 12.7 Å². The zero-order valence-electron chi connectivity index (χ0n) is 22.4. The molecule has 0 rings (SSSR count). The molecule has 2 nitrogen and oxygen atoms in total. The minimum atomic E-state index is -0.277. The van der Waals surface area contributed by atoms with Gasteiger partial charge < -0.3 is 4.74 Å². The van der Waals surface area contributed by atoms with Gasteiger partial charge in [-0.2, -0.15) is 0 Å². The van der Waals surface area contributed by atoms with Crippen LogP contribution in [0.25, 0.3) is 0 Å². The summed E-state index contributed by atoms with van der Waals surface area (Å²) in [6.07, 6.45) is 20.5. The Hall–Kier alpha value is -0.790. The van der Waals surface area contributed by atoms with Gasteiger partial charge in [-0.25, -0.2) is 4.79 Å². The van der Waals surface area contributed by atoms with Gasteiger partial charge in [0.2, 0.25) is 0 Å². The maximum atomic E-state index is 12.1. The minimum absolute atomic E-state index is 0.0596. The molecular formula is C29H56O2. The third-order valence-electron chi connectivity index (χ3n) is 8.18. The van der Waals surface area contributed by atoms with Crippen molar-refractivity contribution in [2.24, 2.45) is 16.7 Å². The molecule has 0 aliphatic carbocycles. The standard InChI is InChI=1S/C29H56O2/c1-9-12-14-16-17-18-20-22-24-26(31-27(30)11-3)29(7,8)28(5,6)25(4)23-21-19-15-13-10-2/h11,25-26H,3,9-10,12-24H2,1-2,4-8H3. The number of hydrogen-bond donors (Lipinski definition) is 0. The van der Waals surface area contributed by atoms with Crippen molar-refractivity contribution in [2.75, 3.05) is 0 Å². The molecule has 31 heavy (non-hydrogen) atoms. The van der Waals surface area contributed by atoms with Gasteiger partial charge in [-0.05, 0) is 24.2 Å². The van der Waals surface area contributed by atoms with Crippen LogP contribution in [0, 0.1) is 16.7 Å². The Morgan fingerprint density at radius 1 is 0.742 bits per heavy atom. The SMILES string of the molecule is C=CC(=O)OC(CCCCCCCCCC)C(C)(C)C(C)(C)C(C)CCCCCCC. The average molecular weight is 437 g/mol. The highest BCUT2D eigenvalue weighted by molar-refractivity contribution is 5.81. The molecule has 0 aromatic rings. The number of rotatable bonds is 20. The number of ether oxygens (including phenoxy) is 1. The van der Waals surface area contributed by atoms with Crippen molar-refractivity contribution in [1.29, 1.82) is 0 Å². The summed E-state index contributed by atoms with van der Waals surface area (Å²) in [5.74, 6) is 0.313. The van der Waals surface area contributed by atoms with E-state index in [-0.39, 0.29) is 22.9 Å². The molecule has 0 aliphatic rings. The summed E-state index contributed by atoms with van der Waals surface area (Å²) in [4.78, 5) is 12.1. The average Bonchev–Trinajstić information content (AvgIpc) is 2.73. The van der Waals surface area contributed by atoms with E-state index >= 15 is 0 Å². The second-order valence-electron chi connectivity index (χ2n) is 10.9. The lowest BCUT2D eigenvalue weighted by Gasteiger charge is -2.50. The molecule has 184 valence electrons. The van der Waals surface area contributed by atoms with Crippen LogP contribution in [0.1, 0.15) is 145 Å². The van der Waals surface area contributed by atoms with Gasteiger partial charge in [0.1, 0.15) is 6.10 Å². The summed E-state index contributed by atoms with van der Waals surface area (Å²) >= 11 is 0. The zero-order chi connectivity index (χ0) is 23.8. The number of unbranched alkanes of at least 4 members (excludes halogenated alkanes) is 11. The van der Waals surface area contributed by atoms with Gasteiger partial charge in [0.25, 0.3) is 0 Å². The van der Waals surface area contributed by atoms with Crippen LogP contribution < -0.4 is 0 Å². The molecule has 0 aromatic heterocycles. The normalized spacial score (nSPS) is 14.3. The topological polar surface area (TPSA) is 26.3 Å². The lowest BCUT2D eigenvalue weighted by molar-refractivity contribution is -0.158. The predicted octanol–water partition coefficient (Wildman–Crippen LogP) is 9.66. The summed E-state index contributed by atoms with van der Waals surface area (Å²) in [6.45, 7) is 19.9. The van der Waals surface area contributed by atoms with Crippen LogP contribution in [-0.4, -0.2) is 12.1 Å². The van der Waals surface area contributed by atoms with Gasteiger partial charge in [-0.1, -0.05) is 139 Å². The smallest absolute Gasteiger partial charge is 0.330 e. The zero-order valence-corrected chi connectivity index (χ0v) is 22.4. The third-order valence-corrected chi connectivity index (χ3v) is 8.18. The van der Waals surface area contributed by atoms with Crippen molar-refractivity contribution in [3.63, 3.8) is 0 Å². The van der Waals surface area contributed by atoms with E-state index in [2.05, 4.69) is 55.0 Å². The first-order valence-electron chi connectivity index (χ1n) is 13.5. The van der Waals surface area contributed by atoms with Crippen LogP contribution in [0.2, 0.25) is 0 Å². The highest BCUT2D eigenvalue weighted by Crippen LogP contribution is 2.50. The predicted molar refractivity (Wildman–Crippen MR) is 137 cm³/mol. The fourth-order valence-electron chi connectivity index (χ4n) is 4.68. The Morgan fingerprint density at radius 3 is 1.61 bits per heavy atom. The fraction of sp³-hybridized carbons (Fsp3) is 0.897. The van der Waals surface area contributed by atoms with E-state index in [4.69, 9.17) is 4.74 Å². The third kappa shape index (κ3) is 11.6. The van der Waals surface area contributed by atoms with E-state index < -0.39 is 0 Å². The Bertz CT molecular complexity index is 463. The van der Waals surface area contributed by atoms with Crippen molar-refractivity contribution in [1.82, 2.24) is 0 Å². The summed E-state index contributed by atoms with van der Waals surface area (Å²) in [5, 5.41) is 0. The Morgan fingerprint density at radius 2 is 1.16 bits per heavy atom. The quantitative estimate of drug-likeness (QED) is 0.108. The fourth-order valence-corrected chi connectivity index (χ4v) is 4.68. The highest BCUT2D eigenvalue weighted by atomic mass is 16.5. The molecule has 0 amide bonds. The van der Waals surface area contributed by atoms with Crippen LogP contribution in [-0.2, 0) is 9.53 Å². The van der Waals surface area contributed by atoms with Crippen molar-refractivity contribution < 1.29 is 9.53 Å². The molecule has 0 bridgehead atoms. The molecule has 0 fully saturated rings. The number of carbonyl (C=O) groups is 1. The van der Waals surface area contributed by atoms with Crippen LogP contribution in [0.5, 0.6) is 0 Å². The number of carbonyl (C=O) groups excluding carboxylic acids is 1. The largest absolute Gasteiger partial charge is 0.459 e. The maximum Gasteiger partial charge on any atom is 0.330 e. The van der Waals surface area contributed by atoms with Gasteiger partial charge in [-0.3, -0.25) is 0 Å². The van der Waals surface area contributed by atoms with E-state index in [1.807, 2.05) is 0 Å². The van der Waals surface area contributed by atoms with E-state index in [1.165, 1.54) is 89.5 Å². The summed E-state index contributed by atoms with van der Waals surface area (Å²) in [6, 6.07) is 0. The van der Waals surface area contributed by atoms with Crippen LogP contribution in [0.3, 0.4) is 0 Å². The van der Waals surface area contributed by atoms with Crippen molar-refractivity contribution in [2.45, 2.75) is 151 Å². The molecule has 2 unspecified atom stereocenters. The Labute approximate surface area is 196 Å². The second kappa shape index (κ2) is 16.8. The number of hydrogen-bond acceptors (Lipinski definition) is 2. The minimum Gasteiger partial charge on any atom is -0.459 e.